The summed E-state index contributed by atoms with van der Waals surface area (Å²) in [5, 5.41) is 1.07. The van der Waals surface area contributed by atoms with E-state index in [1.165, 1.54) is 5.56 Å². The third kappa shape index (κ3) is 5.46. The van der Waals surface area contributed by atoms with E-state index in [4.69, 9.17) is 13.9 Å². The highest BCUT2D eigenvalue weighted by atomic mass is 32.2. The maximum Gasteiger partial charge on any atom is 0.161 e. The number of piperazine rings is 1. The first-order chi connectivity index (χ1) is 18.6. The van der Waals surface area contributed by atoms with Crippen molar-refractivity contribution >= 4 is 29.0 Å². The van der Waals surface area contributed by atoms with Gasteiger partial charge in [0.1, 0.15) is 17.6 Å². The van der Waals surface area contributed by atoms with Gasteiger partial charge in [-0.1, -0.05) is 36.4 Å². The molecular weight excluding hydrogens is 496 g/mol. The number of thioether (sulfide) groups is 1. The van der Waals surface area contributed by atoms with Crippen molar-refractivity contribution in [2.75, 3.05) is 46.7 Å². The molecule has 5 rings (SSSR count). The Hall–Kier alpha value is -3.26. The van der Waals surface area contributed by atoms with E-state index in [0.29, 0.717) is 17.9 Å². The minimum absolute atomic E-state index is 0.0462. The molecule has 1 aliphatic rings. The molecule has 38 heavy (non-hydrogen) atoms. The zero-order valence-corrected chi connectivity index (χ0v) is 23.0. The van der Waals surface area contributed by atoms with E-state index < -0.39 is 0 Å². The van der Waals surface area contributed by atoms with Crippen molar-refractivity contribution in [1.29, 1.82) is 0 Å². The van der Waals surface area contributed by atoms with Crippen molar-refractivity contribution in [3.05, 3.63) is 77.9 Å². The molecule has 0 amide bonds. The second kappa shape index (κ2) is 12.1. The second-order valence-electron chi connectivity index (χ2n) is 9.51. The van der Waals surface area contributed by atoms with Crippen LogP contribution in [0.4, 0.5) is 0 Å². The molecule has 198 valence electrons. The van der Waals surface area contributed by atoms with Gasteiger partial charge < -0.3 is 18.7 Å². The average Bonchev–Trinajstić information content (AvgIpc) is 3.34. The molecule has 0 N–H and O–H groups in total. The molecule has 4 aromatic rings. The summed E-state index contributed by atoms with van der Waals surface area (Å²) in [4.78, 5) is 17.8. The van der Waals surface area contributed by atoms with Gasteiger partial charge in [0.15, 0.2) is 11.5 Å². The van der Waals surface area contributed by atoms with Gasteiger partial charge in [-0.2, -0.15) is 0 Å². The summed E-state index contributed by atoms with van der Waals surface area (Å²) in [5.74, 6) is 2.16. The molecule has 7 heteroatoms. The summed E-state index contributed by atoms with van der Waals surface area (Å²) >= 11 is 1.66. The lowest BCUT2D eigenvalue weighted by Crippen LogP contribution is -2.47. The molecule has 1 aromatic heterocycles. The van der Waals surface area contributed by atoms with Crippen molar-refractivity contribution in [3.8, 4) is 22.8 Å². The van der Waals surface area contributed by atoms with E-state index in [2.05, 4.69) is 58.5 Å². The summed E-state index contributed by atoms with van der Waals surface area (Å²) in [5.41, 5.74) is 4.26. The van der Waals surface area contributed by atoms with Crippen LogP contribution in [-0.4, -0.2) is 62.7 Å². The normalized spacial score (nSPS) is 15.4. The summed E-state index contributed by atoms with van der Waals surface area (Å²) in [6.45, 7) is 4.79. The van der Waals surface area contributed by atoms with Gasteiger partial charge >= 0.3 is 0 Å². The number of benzene rings is 3. The Labute approximate surface area is 228 Å². The maximum absolute atomic E-state index is 11.7. The summed E-state index contributed by atoms with van der Waals surface area (Å²) in [7, 11) is 3.27. The van der Waals surface area contributed by atoms with Gasteiger partial charge in [0, 0.05) is 56.1 Å². The lowest BCUT2D eigenvalue weighted by Gasteiger charge is -2.39. The number of methoxy groups -OCH3 is 2. The Morgan fingerprint density at radius 3 is 2.39 bits per heavy atom. The van der Waals surface area contributed by atoms with Crippen LogP contribution in [-0.2, 0) is 11.3 Å². The van der Waals surface area contributed by atoms with E-state index >= 15 is 0 Å². The lowest BCUT2D eigenvalue weighted by molar-refractivity contribution is -0.109. The predicted octanol–water partition coefficient (Wildman–Crippen LogP) is 6.29. The van der Waals surface area contributed by atoms with E-state index in [1.807, 2.05) is 24.3 Å². The minimum Gasteiger partial charge on any atom is -0.493 e. The molecule has 0 radical (unpaired) electrons. The number of furan rings is 1. The lowest BCUT2D eigenvalue weighted by atomic mass is 10.00. The fraction of sp³-hybridized carbons (Fsp3) is 0.323. The number of nitrogens with zero attached hydrogens (tertiary/aromatic N) is 2. The highest BCUT2D eigenvalue weighted by Crippen LogP contribution is 2.43. The zero-order chi connectivity index (χ0) is 26.5. The predicted molar refractivity (Wildman–Crippen MR) is 153 cm³/mol. The first kappa shape index (κ1) is 26.4. The van der Waals surface area contributed by atoms with Crippen LogP contribution in [0, 0.1) is 0 Å². The van der Waals surface area contributed by atoms with Crippen molar-refractivity contribution < 1.29 is 18.7 Å². The van der Waals surface area contributed by atoms with Crippen molar-refractivity contribution in [2.45, 2.75) is 23.9 Å². The van der Waals surface area contributed by atoms with Crippen LogP contribution in [0.2, 0.25) is 0 Å². The number of rotatable bonds is 10. The summed E-state index contributed by atoms with van der Waals surface area (Å²) in [6.07, 6.45) is 3.58. The molecule has 2 heterocycles. The van der Waals surface area contributed by atoms with Gasteiger partial charge in [-0.3, -0.25) is 9.80 Å². The number of ether oxygens (including phenoxy) is 2. The van der Waals surface area contributed by atoms with E-state index in [1.54, 1.807) is 26.0 Å². The zero-order valence-electron chi connectivity index (χ0n) is 22.2. The van der Waals surface area contributed by atoms with Gasteiger partial charge in [-0.15, -0.1) is 11.8 Å². The number of hydrogen-bond acceptors (Lipinski definition) is 7. The summed E-state index contributed by atoms with van der Waals surface area (Å²) < 4.78 is 17.3. The molecule has 1 fully saturated rings. The molecule has 6 nitrogen and oxygen atoms in total. The van der Waals surface area contributed by atoms with E-state index in [9.17, 15) is 4.79 Å². The molecule has 0 bridgehead atoms. The first-order valence-electron chi connectivity index (χ1n) is 12.9. The van der Waals surface area contributed by atoms with Crippen LogP contribution in [0.25, 0.3) is 22.3 Å². The number of hydrogen-bond donors (Lipinski definition) is 0. The highest BCUT2D eigenvalue weighted by Gasteiger charge is 2.26. The first-order valence-corrected chi connectivity index (χ1v) is 14.1. The van der Waals surface area contributed by atoms with Crippen LogP contribution < -0.4 is 9.47 Å². The molecular formula is C31H34N2O4S. The van der Waals surface area contributed by atoms with Crippen LogP contribution in [0.5, 0.6) is 11.5 Å². The topological polar surface area (TPSA) is 55.2 Å². The van der Waals surface area contributed by atoms with Crippen LogP contribution in [0.15, 0.2) is 76.0 Å². The van der Waals surface area contributed by atoms with Crippen molar-refractivity contribution in [1.82, 2.24) is 9.80 Å². The fourth-order valence-electron chi connectivity index (χ4n) is 5.33. The van der Waals surface area contributed by atoms with Crippen molar-refractivity contribution in [2.24, 2.45) is 0 Å². The van der Waals surface area contributed by atoms with E-state index in [-0.39, 0.29) is 6.04 Å². The smallest absolute Gasteiger partial charge is 0.161 e. The van der Waals surface area contributed by atoms with Crippen LogP contribution >= 0.6 is 11.8 Å². The fourth-order valence-corrected chi connectivity index (χ4v) is 6.06. The number of carbonyl (C=O) groups is 1. The molecule has 0 saturated carbocycles. The Bertz CT molecular complexity index is 1380. The maximum atomic E-state index is 11.7. The van der Waals surface area contributed by atoms with Crippen molar-refractivity contribution in [3.63, 3.8) is 0 Å². The highest BCUT2D eigenvalue weighted by molar-refractivity contribution is 7.99. The Morgan fingerprint density at radius 2 is 1.71 bits per heavy atom. The molecule has 1 unspecified atom stereocenters. The number of aldehydes is 1. The average molecular weight is 531 g/mol. The molecule has 0 aliphatic carbocycles. The number of carbonyl (C=O) groups excluding carboxylic acids is 1. The standard InChI is InChI=1S/C31H34N2O4S/c1-35-28-12-10-24(20-29(28)36-2)30-31(38-3)25-19-23(9-11-27(25)37-30)26(13-18-34)33-16-14-32(15-17-33)21-22-7-5-4-6-8-22/h4-12,18-20,26H,13-17,21H2,1-3H3. The van der Waals surface area contributed by atoms with Crippen LogP contribution in [0.1, 0.15) is 23.6 Å². The largest absolute Gasteiger partial charge is 0.493 e. The van der Waals surface area contributed by atoms with Gasteiger partial charge in [0.2, 0.25) is 0 Å². The number of fused-ring (bicyclic) bond motifs is 1. The molecule has 1 atom stereocenters. The monoisotopic (exact) mass is 530 g/mol. The molecule has 1 saturated heterocycles. The van der Waals surface area contributed by atoms with E-state index in [0.717, 1.165) is 71.8 Å². The molecule has 0 spiro atoms. The summed E-state index contributed by atoms with van der Waals surface area (Å²) in [6, 6.07) is 22.8. The SMILES string of the molecule is COc1ccc(-c2oc3ccc(C(CC=O)N4CCN(Cc5ccccc5)CC4)cc3c2SC)cc1OC. The van der Waals surface area contributed by atoms with Gasteiger partial charge in [0.05, 0.1) is 19.1 Å². The van der Waals surface area contributed by atoms with Gasteiger partial charge in [0.25, 0.3) is 0 Å². The Kier molecular flexibility index (Phi) is 8.37. The minimum atomic E-state index is 0.0462. The molecule has 3 aromatic carbocycles. The third-order valence-corrected chi connectivity index (χ3v) is 8.13. The van der Waals surface area contributed by atoms with Gasteiger partial charge in [-0.25, -0.2) is 0 Å². The Morgan fingerprint density at radius 1 is 0.947 bits per heavy atom. The quantitative estimate of drug-likeness (QED) is 0.176. The Balaban J connectivity index is 1.40. The molecule has 1 aliphatic heterocycles. The third-order valence-electron chi connectivity index (χ3n) is 7.32. The second-order valence-corrected chi connectivity index (χ2v) is 10.3. The van der Waals surface area contributed by atoms with Gasteiger partial charge in [-0.05, 0) is 47.7 Å². The van der Waals surface area contributed by atoms with Crippen LogP contribution in [0.3, 0.4) is 0 Å².